The van der Waals surface area contributed by atoms with E-state index in [0.29, 0.717) is 14.9 Å². The Kier molecular flexibility index (Phi) is 5.11. The molecule has 0 aromatic heterocycles. The van der Waals surface area contributed by atoms with Gasteiger partial charge >= 0.3 is 5.97 Å². The second kappa shape index (κ2) is 7.31. The third kappa shape index (κ3) is 3.49. The van der Waals surface area contributed by atoms with E-state index in [4.69, 9.17) is 17.3 Å². The lowest BCUT2D eigenvalue weighted by Gasteiger charge is -2.15. The summed E-state index contributed by atoms with van der Waals surface area (Å²) in [6.45, 7) is 2.07. The summed E-state index contributed by atoms with van der Waals surface area (Å²) < 4.78 is 0.313. The first-order chi connectivity index (χ1) is 12.4. The molecular weight excluding hydrogens is 370 g/mol. The average Bonchev–Trinajstić information content (AvgIpc) is 2.89. The second-order valence-electron chi connectivity index (χ2n) is 5.62. The Morgan fingerprint density at radius 2 is 1.92 bits per heavy atom. The van der Waals surface area contributed by atoms with Gasteiger partial charge in [-0.2, -0.15) is 0 Å². The number of nitrogens with zero attached hydrogens (tertiary/aromatic N) is 1. The van der Waals surface area contributed by atoms with Crippen LogP contribution in [0.1, 0.15) is 28.4 Å². The van der Waals surface area contributed by atoms with Crippen molar-refractivity contribution < 1.29 is 19.8 Å². The fourth-order valence-corrected chi connectivity index (χ4v) is 3.82. The monoisotopic (exact) mass is 385 g/mol. The Bertz CT molecular complexity index is 935. The molecule has 5 nitrogen and oxygen atoms in total. The zero-order valence-electron chi connectivity index (χ0n) is 13.8. The molecule has 2 aromatic carbocycles. The SMILES string of the molecule is CCc1ccc(C=C2SC(=S)N(c3ccc(O)c(C(=O)O)c3)C2=O)cc1. The Balaban J connectivity index is 1.92. The second-order valence-corrected chi connectivity index (χ2v) is 7.29. The molecule has 0 atom stereocenters. The van der Waals surface area contributed by atoms with Crippen LogP contribution in [0.15, 0.2) is 47.4 Å². The number of benzene rings is 2. The van der Waals surface area contributed by atoms with Gasteiger partial charge in [0.05, 0.1) is 10.6 Å². The van der Waals surface area contributed by atoms with Crippen LogP contribution in [0.4, 0.5) is 5.69 Å². The molecule has 0 radical (unpaired) electrons. The van der Waals surface area contributed by atoms with Gasteiger partial charge in [0, 0.05) is 0 Å². The minimum Gasteiger partial charge on any atom is -0.507 e. The maximum atomic E-state index is 12.7. The van der Waals surface area contributed by atoms with Gasteiger partial charge in [0.1, 0.15) is 11.3 Å². The number of rotatable bonds is 4. The Labute approximate surface area is 160 Å². The Morgan fingerprint density at radius 3 is 2.54 bits per heavy atom. The maximum absolute atomic E-state index is 12.7. The molecule has 2 N–H and O–H groups in total. The molecule has 132 valence electrons. The maximum Gasteiger partial charge on any atom is 0.339 e. The molecule has 0 saturated carbocycles. The van der Waals surface area contributed by atoms with Crippen molar-refractivity contribution in [3.8, 4) is 5.75 Å². The van der Waals surface area contributed by atoms with Crippen LogP contribution < -0.4 is 4.90 Å². The van der Waals surface area contributed by atoms with E-state index in [-0.39, 0.29) is 17.2 Å². The lowest BCUT2D eigenvalue weighted by atomic mass is 10.1. The van der Waals surface area contributed by atoms with Gasteiger partial charge < -0.3 is 10.2 Å². The van der Waals surface area contributed by atoms with E-state index in [1.54, 1.807) is 6.08 Å². The van der Waals surface area contributed by atoms with Crippen molar-refractivity contribution in [1.82, 2.24) is 0 Å². The number of aromatic hydroxyl groups is 1. The van der Waals surface area contributed by atoms with Crippen LogP contribution in [0.5, 0.6) is 5.75 Å². The number of phenols is 1. The molecule has 1 heterocycles. The number of carboxylic acid groups (broad SMARTS) is 1. The summed E-state index contributed by atoms with van der Waals surface area (Å²) in [6.07, 6.45) is 2.70. The quantitative estimate of drug-likeness (QED) is 0.610. The van der Waals surface area contributed by atoms with Gasteiger partial charge in [-0.05, 0) is 41.8 Å². The van der Waals surface area contributed by atoms with Crippen LogP contribution in [0, 0.1) is 0 Å². The first-order valence-corrected chi connectivity index (χ1v) is 9.06. The number of amides is 1. The number of carbonyl (C=O) groups is 2. The summed E-state index contributed by atoms with van der Waals surface area (Å²) in [7, 11) is 0. The molecule has 1 fully saturated rings. The number of hydrogen-bond acceptors (Lipinski definition) is 5. The van der Waals surface area contributed by atoms with Gasteiger partial charge in [-0.1, -0.05) is 55.2 Å². The molecule has 1 aliphatic heterocycles. The number of carbonyl (C=O) groups excluding carboxylic acids is 1. The summed E-state index contributed by atoms with van der Waals surface area (Å²) in [5.74, 6) is -1.96. The van der Waals surface area contributed by atoms with Gasteiger partial charge in [0.25, 0.3) is 5.91 Å². The van der Waals surface area contributed by atoms with Gasteiger partial charge in [-0.3, -0.25) is 9.69 Å². The molecule has 0 spiro atoms. The lowest BCUT2D eigenvalue weighted by Crippen LogP contribution is -2.27. The predicted molar refractivity (Wildman–Crippen MR) is 107 cm³/mol. The number of aromatic carboxylic acids is 1. The molecule has 1 amide bonds. The third-order valence-electron chi connectivity index (χ3n) is 3.95. The van der Waals surface area contributed by atoms with E-state index in [1.807, 2.05) is 24.3 Å². The minimum atomic E-state index is -1.28. The summed E-state index contributed by atoms with van der Waals surface area (Å²) in [4.78, 5) is 25.7. The lowest BCUT2D eigenvalue weighted by molar-refractivity contribution is -0.113. The number of hydrogen-bond donors (Lipinski definition) is 2. The smallest absolute Gasteiger partial charge is 0.339 e. The predicted octanol–water partition coefficient (Wildman–Crippen LogP) is 4.06. The van der Waals surface area contributed by atoms with Gasteiger partial charge in [-0.25, -0.2) is 4.79 Å². The van der Waals surface area contributed by atoms with Crippen molar-refractivity contribution in [3.63, 3.8) is 0 Å². The largest absolute Gasteiger partial charge is 0.507 e. The number of thiocarbonyl (C=S) groups is 1. The summed E-state index contributed by atoms with van der Waals surface area (Å²) >= 11 is 6.45. The summed E-state index contributed by atoms with van der Waals surface area (Å²) in [5, 5.41) is 18.8. The van der Waals surface area contributed by atoms with Crippen molar-refractivity contribution in [1.29, 1.82) is 0 Å². The third-order valence-corrected chi connectivity index (χ3v) is 5.25. The van der Waals surface area contributed by atoms with Crippen LogP contribution in [0.2, 0.25) is 0 Å². The molecule has 1 saturated heterocycles. The first kappa shape index (κ1) is 18.2. The summed E-state index contributed by atoms with van der Waals surface area (Å²) in [5.41, 5.74) is 2.13. The highest BCUT2D eigenvalue weighted by molar-refractivity contribution is 8.27. The van der Waals surface area contributed by atoms with Crippen LogP contribution in [0.25, 0.3) is 6.08 Å². The van der Waals surface area contributed by atoms with Gasteiger partial charge in [0.15, 0.2) is 4.32 Å². The topological polar surface area (TPSA) is 77.8 Å². The van der Waals surface area contributed by atoms with E-state index in [0.717, 1.165) is 23.7 Å². The van der Waals surface area contributed by atoms with Crippen molar-refractivity contribution in [2.75, 3.05) is 4.90 Å². The minimum absolute atomic E-state index is 0.282. The molecule has 0 aliphatic carbocycles. The summed E-state index contributed by atoms with van der Waals surface area (Å²) in [6, 6.07) is 11.8. The van der Waals surface area contributed by atoms with Crippen molar-refractivity contribution in [2.24, 2.45) is 0 Å². The molecule has 0 unspecified atom stereocenters. The normalized spacial score (nSPS) is 15.7. The van der Waals surface area contributed by atoms with E-state index in [9.17, 15) is 14.7 Å². The highest BCUT2D eigenvalue weighted by Gasteiger charge is 2.33. The molecule has 3 rings (SSSR count). The fourth-order valence-electron chi connectivity index (χ4n) is 2.53. The van der Waals surface area contributed by atoms with Gasteiger partial charge in [0.2, 0.25) is 0 Å². The van der Waals surface area contributed by atoms with Crippen LogP contribution >= 0.6 is 24.0 Å². The number of carboxylic acids is 1. The highest BCUT2D eigenvalue weighted by Crippen LogP contribution is 2.37. The van der Waals surface area contributed by atoms with E-state index < -0.39 is 5.97 Å². The molecule has 2 aromatic rings. The number of thioether (sulfide) groups is 1. The zero-order valence-corrected chi connectivity index (χ0v) is 15.4. The van der Waals surface area contributed by atoms with E-state index in [1.165, 1.54) is 28.7 Å². The Hall–Kier alpha value is -2.64. The first-order valence-electron chi connectivity index (χ1n) is 7.84. The zero-order chi connectivity index (χ0) is 18.8. The Morgan fingerprint density at radius 1 is 1.23 bits per heavy atom. The fraction of sp³-hybridized carbons (Fsp3) is 0.105. The number of anilines is 1. The van der Waals surface area contributed by atoms with Crippen LogP contribution in [-0.4, -0.2) is 26.4 Å². The molecule has 1 aliphatic rings. The van der Waals surface area contributed by atoms with Crippen LogP contribution in [-0.2, 0) is 11.2 Å². The molecular formula is C19H15NO4S2. The van der Waals surface area contributed by atoms with Gasteiger partial charge in [-0.15, -0.1) is 0 Å². The molecule has 7 heteroatoms. The van der Waals surface area contributed by atoms with Crippen LogP contribution in [0.3, 0.4) is 0 Å². The van der Waals surface area contributed by atoms with Crippen molar-refractivity contribution in [2.45, 2.75) is 13.3 Å². The average molecular weight is 385 g/mol. The number of aryl methyl sites for hydroxylation is 1. The standard InChI is InChI=1S/C19H15NO4S2/c1-2-11-3-5-12(6-4-11)9-16-17(22)20(19(25)26-16)13-7-8-15(21)14(10-13)18(23)24/h3-10,21H,2H2,1H3,(H,23,24). The van der Waals surface area contributed by atoms with Crippen molar-refractivity contribution >= 4 is 51.9 Å². The van der Waals surface area contributed by atoms with E-state index in [2.05, 4.69) is 6.92 Å². The molecule has 26 heavy (non-hydrogen) atoms. The van der Waals surface area contributed by atoms with Crippen molar-refractivity contribution in [3.05, 3.63) is 64.1 Å². The van der Waals surface area contributed by atoms with E-state index >= 15 is 0 Å². The molecule has 0 bridgehead atoms. The highest BCUT2D eigenvalue weighted by atomic mass is 32.2.